The molecule has 0 heterocycles. The van der Waals surface area contributed by atoms with Crippen LogP contribution in [-0.2, 0) is 14.3 Å². The molecule has 6 heteroatoms. The van der Waals surface area contributed by atoms with Crippen molar-refractivity contribution in [2.24, 2.45) is 0 Å². The van der Waals surface area contributed by atoms with Gasteiger partial charge in [0.15, 0.2) is 0 Å². The fourth-order valence-corrected chi connectivity index (χ4v) is 8.86. The maximum absolute atomic E-state index is 12.4. The Hall–Kier alpha value is -1.92. The average molecular weight is 929 g/mol. The minimum absolute atomic E-state index is 0.00499. The van der Waals surface area contributed by atoms with E-state index in [9.17, 15) is 19.8 Å². The highest BCUT2D eigenvalue weighted by molar-refractivity contribution is 5.76. The first-order valence-electron chi connectivity index (χ1n) is 29.3. The van der Waals surface area contributed by atoms with Crippen molar-refractivity contribution in [1.29, 1.82) is 0 Å². The number of carbonyl (C=O) groups is 2. The van der Waals surface area contributed by atoms with Gasteiger partial charge in [-0.3, -0.25) is 9.59 Å². The smallest absolute Gasteiger partial charge is 0.305 e. The summed E-state index contributed by atoms with van der Waals surface area (Å²) in [6, 6.07) is -0.626. The van der Waals surface area contributed by atoms with Gasteiger partial charge in [-0.25, -0.2) is 0 Å². The molecule has 0 aromatic rings. The van der Waals surface area contributed by atoms with E-state index in [-0.39, 0.29) is 18.5 Å². The van der Waals surface area contributed by atoms with Crippen LogP contribution in [0.5, 0.6) is 0 Å². The number of aliphatic hydroxyl groups is 2. The second-order valence-electron chi connectivity index (χ2n) is 20.0. The minimum atomic E-state index is -0.842. The van der Waals surface area contributed by atoms with Crippen LogP contribution in [0.4, 0.5) is 0 Å². The SMILES string of the molecule is CCCCCC/C=C\CCCCCCCC(=O)OCCCCCCCCCCCCCC/C=C\CCCCCCCCCCCCCC(=O)NC(CO)C(O)/C=C/CCCCCCCCC. The Bertz CT molecular complexity index is 1070. The number of ether oxygens (including phenoxy) is 1. The Morgan fingerprint density at radius 2 is 0.712 bits per heavy atom. The largest absolute Gasteiger partial charge is 0.466 e. The molecule has 0 fully saturated rings. The van der Waals surface area contributed by atoms with Gasteiger partial charge >= 0.3 is 5.97 Å². The van der Waals surface area contributed by atoms with E-state index in [0.29, 0.717) is 19.4 Å². The van der Waals surface area contributed by atoms with E-state index in [0.717, 1.165) is 44.9 Å². The zero-order valence-electron chi connectivity index (χ0n) is 44.2. The lowest BCUT2D eigenvalue weighted by Crippen LogP contribution is -2.45. The zero-order chi connectivity index (χ0) is 47.9. The Morgan fingerprint density at radius 3 is 1.09 bits per heavy atom. The van der Waals surface area contributed by atoms with Crippen molar-refractivity contribution in [3.8, 4) is 0 Å². The molecular formula is C60H113NO5. The van der Waals surface area contributed by atoms with E-state index in [1.54, 1.807) is 6.08 Å². The topological polar surface area (TPSA) is 95.9 Å². The summed E-state index contributed by atoms with van der Waals surface area (Å²) in [5, 5.41) is 22.9. The highest BCUT2D eigenvalue weighted by Gasteiger charge is 2.18. The third-order valence-corrected chi connectivity index (χ3v) is 13.4. The van der Waals surface area contributed by atoms with Gasteiger partial charge in [0.2, 0.25) is 5.91 Å². The summed E-state index contributed by atoms with van der Waals surface area (Å²) in [5.74, 6) is -0.0665. The quantitative estimate of drug-likeness (QED) is 0.0321. The molecule has 2 unspecified atom stereocenters. The first kappa shape index (κ1) is 64.1. The molecule has 0 rings (SSSR count). The van der Waals surface area contributed by atoms with Crippen molar-refractivity contribution in [3.63, 3.8) is 0 Å². The summed E-state index contributed by atoms with van der Waals surface area (Å²) < 4.78 is 5.47. The molecule has 0 bridgehead atoms. The second-order valence-corrected chi connectivity index (χ2v) is 20.0. The van der Waals surface area contributed by atoms with E-state index in [1.165, 1.54) is 238 Å². The van der Waals surface area contributed by atoms with Crippen LogP contribution in [0.25, 0.3) is 0 Å². The van der Waals surface area contributed by atoms with Gasteiger partial charge < -0.3 is 20.3 Å². The minimum Gasteiger partial charge on any atom is -0.466 e. The lowest BCUT2D eigenvalue weighted by atomic mass is 10.0. The fourth-order valence-electron chi connectivity index (χ4n) is 8.86. The first-order valence-corrected chi connectivity index (χ1v) is 29.3. The van der Waals surface area contributed by atoms with Crippen molar-refractivity contribution in [1.82, 2.24) is 5.32 Å². The molecule has 2 atom stereocenters. The lowest BCUT2D eigenvalue weighted by Gasteiger charge is -2.20. The normalized spacial score (nSPS) is 12.8. The van der Waals surface area contributed by atoms with Crippen molar-refractivity contribution in [2.75, 3.05) is 13.2 Å². The molecule has 0 saturated carbocycles. The molecule has 0 aromatic carbocycles. The van der Waals surface area contributed by atoms with Gasteiger partial charge in [-0.2, -0.15) is 0 Å². The number of carbonyl (C=O) groups excluding carboxylic acids is 2. The van der Waals surface area contributed by atoms with E-state index in [4.69, 9.17) is 4.74 Å². The molecule has 0 aromatic heterocycles. The molecule has 0 saturated heterocycles. The maximum atomic E-state index is 12.4. The van der Waals surface area contributed by atoms with E-state index < -0.39 is 12.1 Å². The maximum Gasteiger partial charge on any atom is 0.305 e. The van der Waals surface area contributed by atoms with Crippen molar-refractivity contribution < 1.29 is 24.5 Å². The van der Waals surface area contributed by atoms with Crippen LogP contribution in [0, 0.1) is 0 Å². The molecule has 66 heavy (non-hydrogen) atoms. The highest BCUT2D eigenvalue weighted by atomic mass is 16.5. The molecule has 0 aliphatic heterocycles. The molecule has 388 valence electrons. The number of esters is 1. The molecule has 0 aliphatic carbocycles. The molecule has 0 aliphatic rings. The van der Waals surface area contributed by atoms with Crippen LogP contribution in [0.3, 0.4) is 0 Å². The number of rotatable bonds is 54. The Kier molecular flexibility index (Phi) is 54.1. The van der Waals surface area contributed by atoms with Gasteiger partial charge in [-0.05, 0) is 83.5 Å². The van der Waals surface area contributed by atoms with Gasteiger partial charge in [0.05, 0.1) is 25.4 Å². The van der Waals surface area contributed by atoms with Crippen molar-refractivity contribution >= 4 is 11.9 Å². The summed E-state index contributed by atoms with van der Waals surface area (Å²) in [4.78, 5) is 24.4. The molecular weight excluding hydrogens is 815 g/mol. The zero-order valence-corrected chi connectivity index (χ0v) is 44.2. The van der Waals surface area contributed by atoms with Gasteiger partial charge in [0.25, 0.3) is 0 Å². The second kappa shape index (κ2) is 55.7. The molecule has 1 amide bonds. The standard InChI is InChI=1S/C60H113NO5/c1-3-5-7-9-11-13-14-30-34-38-42-46-50-54-60(65)66-55-51-47-43-39-35-32-29-27-25-23-21-19-17-15-16-18-20-22-24-26-28-31-33-37-41-45-49-53-59(64)61-57(56-62)58(63)52-48-44-40-36-12-10-8-6-4-2/h13-16,48,52,57-58,62-63H,3-12,17-47,49-51,53-56H2,1-2H3,(H,61,64)/b14-13-,16-15-,52-48+. The van der Waals surface area contributed by atoms with Gasteiger partial charge in [0.1, 0.15) is 0 Å². The van der Waals surface area contributed by atoms with Crippen LogP contribution in [0.1, 0.15) is 309 Å². The van der Waals surface area contributed by atoms with E-state index in [2.05, 4.69) is 43.5 Å². The van der Waals surface area contributed by atoms with Gasteiger partial charge in [-0.1, -0.05) is 249 Å². The third-order valence-electron chi connectivity index (χ3n) is 13.4. The van der Waals surface area contributed by atoms with Crippen LogP contribution in [0.15, 0.2) is 36.5 Å². The lowest BCUT2D eigenvalue weighted by molar-refractivity contribution is -0.143. The summed E-state index contributed by atoms with van der Waals surface area (Å²) in [6.07, 6.45) is 69.0. The number of aliphatic hydroxyl groups excluding tert-OH is 2. The fraction of sp³-hybridized carbons (Fsp3) is 0.867. The first-order chi connectivity index (χ1) is 32.5. The predicted octanol–water partition coefficient (Wildman–Crippen LogP) is 18.0. The van der Waals surface area contributed by atoms with E-state index in [1.807, 2.05) is 6.08 Å². The van der Waals surface area contributed by atoms with Gasteiger partial charge in [-0.15, -0.1) is 0 Å². The van der Waals surface area contributed by atoms with E-state index >= 15 is 0 Å². The van der Waals surface area contributed by atoms with Crippen LogP contribution >= 0.6 is 0 Å². The van der Waals surface area contributed by atoms with Gasteiger partial charge in [0, 0.05) is 12.8 Å². The third kappa shape index (κ3) is 51.5. The number of allylic oxidation sites excluding steroid dienone is 5. The number of nitrogens with one attached hydrogen (secondary N) is 1. The van der Waals surface area contributed by atoms with Crippen LogP contribution < -0.4 is 5.32 Å². The number of hydrogen-bond acceptors (Lipinski definition) is 5. The molecule has 6 nitrogen and oxygen atoms in total. The van der Waals surface area contributed by atoms with Crippen molar-refractivity contribution in [2.45, 2.75) is 321 Å². The summed E-state index contributed by atoms with van der Waals surface area (Å²) in [7, 11) is 0. The van der Waals surface area contributed by atoms with Crippen LogP contribution in [0.2, 0.25) is 0 Å². The molecule has 0 spiro atoms. The Morgan fingerprint density at radius 1 is 0.409 bits per heavy atom. The monoisotopic (exact) mass is 928 g/mol. The molecule has 3 N–H and O–H groups in total. The Labute approximate surface area is 411 Å². The summed E-state index contributed by atoms with van der Waals surface area (Å²) >= 11 is 0. The predicted molar refractivity (Wildman–Crippen MR) is 287 cm³/mol. The summed E-state index contributed by atoms with van der Waals surface area (Å²) in [6.45, 7) is 4.86. The molecule has 0 radical (unpaired) electrons. The number of unbranched alkanes of at least 4 members (excludes halogenated alkanes) is 39. The van der Waals surface area contributed by atoms with Crippen LogP contribution in [-0.4, -0.2) is 47.4 Å². The summed E-state index contributed by atoms with van der Waals surface area (Å²) in [5.41, 5.74) is 0. The van der Waals surface area contributed by atoms with Crippen molar-refractivity contribution in [3.05, 3.63) is 36.5 Å². The number of amides is 1. The number of hydrogen-bond donors (Lipinski definition) is 3. The Balaban J connectivity index is 3.37. The average Bonchev–Trinajstić information content (AvgIpc) is 3.32. The highest BCUT2D eigenvalue weighted by Crippen LogP contribution is 2.16.